The van der Waals surface area contributed by atoms with E-state index < -0.39 is 5.69 Å². The summed E-state index contributed by atoms with van der Waals surface area (Å²) in [5, 5.41) is 4.50. The first-order valence-corrected chi connectivity index (χ1v) is 8.58. The van der Waals surface area contributed by atoms with E-state index in [0.29, 0.717) is 36.0 Å². The Morgan fingerprint density at radius 3 is 2.70 bits per heavy atom. The Kier molecular flexibility index (Phi) is 5.84. The lowest BCUT2D eigenvalue weighted by Gasteiger charge is -2.21. The second-order valence-electron chi connectivity index (χ2n) is 6.20. The highest BCUT2D eigenvalue weighted by atomic mass is 16.5. The van der Waals surface area contributed by atoms with Crippen molar-refractivity contribution in [3.05, 3.63) is 51.6 Å². The number of benzene rings is 1. The Labute approximate surface area is 156 Å². The summed E-state index contributed by atoms with van der Waals surface area (Å²) in [5.74, 6) is 0.104. The number of nitrogens with one attached hydrogen (secondary N) is 2. The molecule has 9 heteroatoms. The molecule has 0 saturated heterocycles. The van der Waals surface area contributed by atoms with Crippen LogP contribution in [0.4, 0.5) is 11.5 Å². The molecule has 3 rings (SSSR count). The molecule has 0 atom stereocenters. The Hall–Kier alpha value is -2.75. The molecular weight excluding hydrogens is 350 g/mol. The van der Waals surface area contributed by atoms with Crippen molar-refractivity contribution in [3.8, 4) is 0 Å². The third kappa shape index (κ3) is 4.16. The molecule has 1 aliphatic heterocycles. The Bertz CT molecular complexity index is 879. The minimum atomic E-state index is -0.415. The highest BCUT2D eigenvalue weighted by Crippen LogP contribution is 2.24. The number of hydrogen-bond acceptors (Lipinski definition) is 7. The first-order chi connectivity index (χ1) is 13.0. The van der Waals surface area contributed by atoms with Gasteiger partial charge in [0.15, 0.2) is 0 Å². The van der Waals surface area contributed by atoms with Crippen molar-refractivity contribution in [2.45, 2.75) is 20.5 Å². The van der Waals surface area contributed by atoms with Crippen molar-refractivity contribution in [2.24, 2.45) is 0 Å². The molecule has 1 aliphatic rings. The van der Waals surface area contributed by atoms with E-state index in [2.05, 4.69) is 15.7 Å². The predicted molar refractivity (Wildman–Crippen MR) is 101 cm³/mol. The van der Waals surface area contributed by atoms with Crippen molar-refractivity contribution in [2.75, 3.05) is 37.4 Å². The number of nitrogens with zero attached hydrogens (tertiary/aromatic N) is 3. The van der Waals surface area contributed by atoms with Crippen molar-refractivity contribution in [1.82, 2.24) is 15.0 Å². The standard InChI is InChI=1S/C18H23N5O4/c1-12-4-6-14(7-5-12)21-16(24)15-13(2)20-18(25)22-10-19-23(17(15)22)11-27-9-8-26-3/h4-7,19H,8-11H2,1-3H3,(H,21,24). The highest BCUT2D eigenvalue weighted by Gasteiger charge is 2.29. The van der Waals surface area contributed by atoms with Gasteiger partial charge in [-0.3, -0.25) is 14.4 Å². The first-order valence-electron chi connectivity index (χ1n) is 8.58. The largest absolute Gasteiger partial charge is 0.382 e. The SMILES string of the molecule is COCCOCN1NCn2c1c(C(=O)Nc1ccc(C)cc1)c(C)nc2=O. The quantitative estimate of drug-likeness (QED) is 0.699. The molecule has 144 valence electrons. The van der Waals surface area contributed by atoms with E-state index in [4.69, 9.17) is 9.47 Å². The van der Waals surface area contributed by atoms with Gasteiger partial charge in [0, 0.05) is 12.8 Å². The van der Waals surface area contributed by atoms with Crippen molar-refractivity contribution in [1.29, 1.82) is 0 Å². The number of hydrazine groups is 1. The number of amides is 1. The van der Waals surface area contributed by atoms with Crippen LogP contribution in [0.5, 0.6) is 0 Å². The molecule has 27 heavy (non-hydrogen) atoms. The summed E-state index contributed by atoms with van der Waals surface area (Å²) in [6.45, 7) is 4.86. The Morgan fingerprint density at radius 2 is 2.00 bits per heavy atom. The molecule has 0 radical (unpaired) electrons. The smallest absolute Gasteiger partial charge is 0.350 e. The zero-order valence-electron chi connectivity index (χ0n) is 15.6. The van der Waals surface area contributed by atoms with Crippen LogP contribution in [0.3, 0.4) is 0 Å². The normalized spacial score (nSPS) is 12.9. The zero-order valence-corrected chi connectivity index (χ0v) is 15.6. The van der Waals surface area contributed by atoms with E-state index >= 15 is 0 Å². The summed E-state index contributed by atoms with van der Waals surface area (Å²) in [7, 11) is 1.59. The maximum atomic E-state index is 12.9. The molecule has 0 spiro atoms. The van der Waals surface area contributed by atoms with Gasteiger partial charge in [0.2, 0.25) is 0 Å². The maximum absolute atomic E-state index is 12.9. The number of ether oxygens (including phenoxy) is 2. The fourth-order valence-electron chi connectivity index (χ4n) is 2.80. The zero-order chi connectivity index (χ0) is 19.4. The monoisotopic (exact) mass is 373 g/mol. The van der Waals surface area contributed by atoms with Gasteiger partial charge in [-0.25, -0.2) is 10.2 Å². The number of carbonyl (C=O) groups excluding carboxylic acids is 1. The lowest BCUT2D eigenvalue weighted by molar-refractivity contribution is 0.0681. The summed E-state index contributed by atoms with van der Waals surface area (Å²) in [6.07, 6.45) is 0. The molecule has 0 unspecified atom stereocenters. The Balaban J connectivity index is 1.88. The fourth-order valence-corrected chi connectivity index (χ4v) is 2.80. The van der Waals surface area contributed by atoms with E-state index in [-0.39, 0.29) is 19.3 Å². The Morgan fingerprint density at radius 1 is 1.26 bits per heavy atom. The molecule has 1 aromatic carbocycles. The number of aryl methyl sites for hydroxylation is 2. The third-order valence-electron chi connectivity index (χ3n) is 4.20. The van der Waals surface area contributed by atoms with Gasteiger partial charge in [0.05, 0.1) is 25.6 Å². The van der Waals surface area contributed by atoms with Gasteiger partial charge in [-0.15, -0.1) is 0 Å². The third-order valence-corrected chi connectivity index (χ3v) is 4.20. The second-order valence-corrected chi connectivity index (χ2v) is 6.20. The van der Waals surface area contributed by atoms with Gasteiger partial charge < -0.3 is 14.8 Å². The van der Waals surface area contributed by atoms with Gasteiger partial charge in [0.1, 0.15) is 18.1 Å². The van der Waals surface area contributed by atoms with Crippen molar-refractivity contribution in [3.63, 3.8) is 0 Å². The molecule has 2 heterocycles. The van der Waals surface area contributed by atoms with Crippen LogP contribution in [0.2, 0.25) is 0 Å². The molecule has 0 saturated carbocycles. The molecule has 9 nitrogen and oxygen atoms in total. The van der Waals surface area contributed by atoms with Crippen LogP contribution in [0.25, 0.3) is 0 Å². The van der Waals surface area contributed by atoms with E-state index in [1.807, 2.05) is 31.2 Å². The number of fused-ring (bicyclic) bond motifs is 1. The fraction of sp³-hybridized carbons (Fsp3) is 0.389. The van der Waals surface area contributed by atoms with Crippen LogP contribution in [0.15, 0.2) is 29.1 Å². The molecule has 2 aromatic rings. The molecule has 0 bridgehead atoms. The van der Waals surface area contributed by atoms with Crippen molar-refractivity contribution < 1.29 is 14.3 Å². The molecule has 1 aromatic heterocycles. The van der Waals surface area contributed by atoms with E-state index in [9.17, 15) is 9.59 Å². The summed E-state index contributed by atoms with van der Waals surface area (Å²) in [5.41, 5.74) is 5.09. The van der Waals surface area contributed by atoms with Gasteiger partial charge in [-0.1, -0.05) is 17.7 Å². The minimum absolute atomic E-state index is 0.164. The van der Waals surface area contributed by atoms with Gasteiger partial charge in [-0.05, 0) is 26.0 Å². The van der Waals surface area contributed by atoms with Gasteiger partial charge in [0.25, 0.3) is 5.91 Å². The number of methoxy groups -OCH3 is 1. The average molecular weight is 373 g/mol. The molecule has 0 fully saturated rings. The van der Waals surface area contributed by atoms with Gasteiger partial charge >= 0.3 is 5.69 Å². The summed E-state index contributed by atoms with van der Waals surface area (Å²) in [4.78, 5) is 29.1. The van der Waals surface area contributed by atoms with Gasteiger partial charge in [-0.2, -0.15) is 4.98 Å². The predicted octanol–water partition coefficient (Wildman–Crippen LogP) is 1.02. The number of carbonyl (C=O) groups is 1. The lowest BCUT2D eigenvalue weighted by atomic mass is 10.1. The van der Waals surface area contributed by atoms with E-state index in [1.165, 1.54) is 4.57 Å². The first kappa shape index (κ1) is 19.0. The average Bonchev–Trinajstić information content (AvgIpc) is 3.05. The van der Waals surface area contributed by atoms with Crippen LogP contribution >= 0.6 is 0 Å². The number of hydrogen-bond donors (Lipinski definition) is 2. The number of aromatic nitrogens is 2. The van der Waals surface area contributed by atoms with Crippen molar-refractivity contribution >= 4 is 17.4 Å². The molecule has 2 N–H and O–H groups in total. The molecule has 0 aliphatic carbocycles. The van der Waals surface area contributed by atoms with Crippen LogP contribution in [-0.4, -0.2) is 42.5 Å². The summed E-state index contributed by atoms with van der Waals surface area (Å²) < 4.78 is 11.9. The topological polar surface area (TPSA) is 97.7 Å². The maximum Gasteiger partial charge on any atom is 0.350 e. The van der Waals surface area contributed by atoms with E-state index in [1.54, 1.807) is 19.0 Å². The lowest BCUT2D eigenvalue weighted by Crippen LogP contribution is -2.36. The molecule has 1 amide bonds. The minimum Gasteiger partial charge on any atom is -0.382 e. The second kappa shape index (κ2) is 8.30. The van der Waals surface area contributed by atoms with Crippen LogP contribution in [0, 0.1) is 13.8 Å². The molecular formula is C18H23N5O4. The van der Waals surface area contributed by atoms with E-state index in [0.717, 1.165) is 5.56 Å². The summed E-state index contributed by atoms with van der Waals surface area (Å²) in [6, 6.07) is 7.49. The van der Waals surface area contributed by atoms with Crippen LogP contribution < -0.4 is 21.4 Å². The van der Waals surface area contributed by atoms with Crippen LogP contribution in [0.1, 0.15) is 21.6 Å². The van der Waals surface area contributed by atoms with Crippen LogP contribution in [-0.2, 0) is 16.1 Å². The number of rotatable bonds is 7. The highest BCUT2D eigenvalue weighted by molar-refractivity contribution is 6.08. The summed E-state index contributed by atoms with van der Waals surface area (Å²) >= 11 is 0. The number of anilines is 2.